The number of alkyl halides is 2. The second kappa shape index (κ2) is 13.2. The molecule has 4 atom stereocenters. The molecule has 58 heavy (non-hydrogen) atoms. The zero-order chi connectivity index (χ0) is 41.0. The van der Waals surface area contributed by atoms with E-state index in [9.17, 15) is 33.5 Å². The maximum absolute atomic E-state index is 14.7. The summed E-state index contributed by atoms with van der Waals surface area (Å²) in [4.78, 5) is 72.1. The minimum Gasteiger partial charge on any atom is -0.507 e. The fourth-order valence-corrected chi connectivity index (χ4v) is 9.75. The molecule has 4 aromatic carbocycles. The first-order valence-electron chi connectivity index (χ1n) is 18.2. The third kappa shape index (κ3) is 5.02. The number of halogens is 3. The molecule has 1 aliphatic carbocycles. The number of methoxy groups -OCH3 is 2. The number of hydrogen-bond donors (Lipinski definition) is 1. The van der Waals surface area contributed by atoms with Crippen LogP contribution in [0.3, 0.4) is 0 Å². The van der Waals surface area contributed by atoms with Crippen molar-refractivity contribution in [1.82, 2.24) is 23.5 Å². The molecule has 3 aliphatic rings. The molecule has 4 unspecified atom stereocenters. The van der Waals surface area contributed by atoms with Gasteiger partial charge < -0.3 is 19.1 Å². The lowest BCUT2D eigenvalue weighted by Crippen LogP contribution is -2.59. The number of allylic oxidation sites excluding steroid dienone is 2. The topological polar surface area (TPSA) is 160 Å². The third-order valence-corrected chi connectivity index (χ3v) is 13.1. The first-order valence-corrected chi connectivity index (χ1v) is 19.0. The van der Waals surface area contributed by atoms with Crippen LogP contribution in [0.15, 0.2) is 98.8 Å². The fourth-order valence-electron chi connectivity index (χ4n) is 8.84. The van der Waals surface area contributed by atoms with Gasteiger partial charge in [-0.1, -0.05) is 42.5 Å². The van der Waals surface area contributed by atoms with Gasteiger partial charge in [-0.15, -0.1) is 23.2 Å². The van der Waals surface area contributed by atoms with E-state index < -0.39 is 62.7 Å². The fraction of sp³-hybridized carbons (Fsp3) is 0.268. The summed E-state index contributed by atoms with van der Waals surface area (Å²) in [6.45, 7) is -0.370. The monoisotopic (exact) mass is 826 g/mol. The largest absolute Gasteiger partial charge is 0.507 e. The van der Waals surface area contributed by atoms with Gasteiger partial charge in [0, 0.05) is 55.4 Å². The lowest BCUT2D eigenvalue weighted by atomic mass is 9.64. The summed E-state index contributed by atoms with van der Waals surface area (Å²) in [5.41, 5.74) is -0.318. The highest BCUT2D eigenvalue weighted by atomic mass is 35.5. The lowest BCUT2D eigenvalue weighted by molar-refractivity contribution is -0.122. The average Bonchev–Trinajstić information content (AvgIpc) is 3.55. The Hall–Kier alpha value is -6.19. The highest BCUT2D eigenvalue weighted by Gasteiger charge is 2.76. The smallest absolute Gasteiger partial charge is 0.347 e. The molecule has 296 valence electrons. The quantitative estimate of drug-likeness (QED) is 0.139. The van der Waals surface area contributed by atoms with Crippen LogP contribution < -0.4 is 31.3 Å². The predicted octanol–water partition coefficient (Wildman–Crippen LogP) is 4.51. The molecular formula is C41H33Cl2FN6O8. The van der Waals surface area contributed by atoms with Crippen molar-refractivity contribution in [2.45, 2.75) is 47.6 Å². The van der Waals surface area contributed by atoms with Crippen molar-refractivity contribution < 1.29 is 28.6 Å². The van der Waals surface area contributed by atoms with E-state index in [0.29, 0.717) is 38.9 Å². The van der Waals surface area contributed by atoms with Gasteiger partial charge in [-0.05, 0) is 35.2 Å². The zero-order valence-corrected chi connectivity index (χ0v) is 32.6. The first-order chi connectivity index (χ1) is 27.7. The number of anilines is 1. The predicted molar refractivity (Wildman–Crippen MR) is 213 cm³/mol. The molecule has 0 radical (unpaired) electrons. The Morgan fingerprint density at radius 3 is 2.34 bits per heavy atom. The molecule has 4 heterocycles. The van der Waals surface area contributed by atoms with E-state index in [2.05, 4.69) is 4.98 Å². The summed E-state index contributed by atoms with van der Waals surface area (Å²) in [6.07, 6.45) is 1.16. The van der Waals surface area contributed by atoms with E-state index in [1.54, 1.807) is 61.7 Å². The molecule has 1 N–H and O–H groups in total. The molecule has 14 nitrogen and oxygen atoms in total. The lowest BCUT2D eigenvalue weighted by Gasteiger charge is -2.49. The molecule has 2 amide bonds. The Bertz CT molecular complexity index is 2990. The Balaban J connectivity index is 1.17. The van der Waals surface area contributed by atoms with Crippen LogP contribution in [0, 0.1) is 5.82 Å². The van der Waals surface area contributed by atoms with Crippen LogP contribution in [0.2, 0.25) is 0 Å². The number of ether oxygens (including phenoxy) is 2. The highest BCUT2D eigenvalue weighted by molar-refractivity contribution is 6.58. The molecular weight excluding hydrogens is 794 g/mol. The van der Waals surface area contributed by atoms with E-state index in [0.717, 1.165) is 21.6 Å². The van der Waals surface area contributed by atoms with E-state index in [1.165, 1.54) is 40.3 Å². The second-order valence-electron chi connectivity index (χ2n) is 14.5. The van der Waals surface area contributed by atoms with Gasteiger partial charge in [-0.3, -0.25) is 14.4 Å². The first kappa shape index (κ1) is 37.4. The Morgan fingerprint density at radius 2 is 1.62 bits per heavy atom. The minimum absolute atomic E-state index is 0.0236. The van der Waals surface area contributed by atoms with Crippen molar-refractivity contribution in [3.63, 3.8) is 0 Å². The summed E-state index contributed by atoms with van der Waals surface area (Å²) in [5.74, 6) is -3.11. The molecule has 9 rings (SSSR count). The molecule has 0 spiro atoms. The normalized spacial score (nSPS) is 22.5. The molecule has 6 aromatic rings. The maximum Gasteiger partial charge on any atom is 0.347 e. The number of carbonyl (C=O) groups excluding carboxylic acids is 2. The van der Waals surface area contributed by atoms with Crippen LogP contribution in [0.25, 0.3) is 21.8 Å². The number of carbonyl (C=O) groups is 2. The van der Waals surface area contributed by atoms with Crippen LogP contribution in [0.1, 0.15) is 29.6 Å². The van der Waals surface area contributed by atoms with E-state index in [-0.39, 0.29) is 42.2 Å². The number of phenolic OH excluding ortho intramolecular Hbond substituents is 1. The standard InChI is InChI=1S/C41H33Cl2FN6O8/c1-46-29-19-32(58-3)31(57-2)18-28(29)45-27(35(46)52)15-16-47-38(55)48-17-14-25-30(50(48)39(47)56)20-40(42)36(53)49(23-11-9-22(44)10-12-23)37(54)41(40,43)33(25)26-13-8-21-6-4-5-7-24(21)34(26)51/h4-14,18-19,30,33,51H,15-17,20H2,1-3H3. The summed E-state index contributed by atoms with van der Waals surface area (Å²) in [5, 5.41) is 13.0. The summed E-state index contributed by atoms with van der Waals surface area (Å²) < 4.78 is 29.6. The van der Waals surface area contributed by atoms with Crippen LogP contribution in [0.5, 0.6) is 17.2 Å². The second-order valence-corrected chi connectivity index (χ2v) is 15.8. The highest BCUT2D eigenvalue weighted by Crippen LogP contribution is 2.64. The van der Waals surface area contributed by atoms with Gasteiger partial charge >= 0.3 is 11.4 Å². The molecule has 0 bridgehead atoms. The summed E-state index contributed by atoms with van der Waals surface area (Å²) in [7, 11) is 4.52. The van der Waals surface area contributed by atoms with Crippen LogP contribution in [0.4, 0.5) is 10.1 Å². The van der Waals surface area contributed by atoms with E-state index in [1.807, 2.05) is 0 Å². The molecule has 17 heteroatoms. The number of rotatable bonds is 7. The van der Waals surface area contributed by atoms with Crippen molar-refractivity contribution in [3.8, 4) is 17.2 Å². The minimum atomic E-state index is -2.26. The van der Waals surface area contributed by atoms with Crippen LogP contribution in [-0.4, -0.2) is 64.4 Å². The molecule has 1 saturated heterocycles. The number of imide groups is 1. The van der Waals surface area contributed by atoms with Crippen molar-refractivity contribution in [2.75, 3.05) is 19.1 Å². The number of amides is 2. The van der Waals surface area contributed by atoms with Crippen LogP contribution in [-0.2, 0) is 36.1 Å². The number of benzene rings is 4. The van der Waals surface area contributed by atoms with Gasteiger partial charge in [0.15, 0.2) is 21.2 Å². The number of aromatic hydroxyl groups is 1. The number of phenols is 1. The van der Waals surface area contributed by atoms with Gasteiger partial charge in [0.2, 0.25) is 0 Å². The van der Waals surface area contributed by atoms with Crippen LogP contribution >= 0.6 is 23.2 Å². The Labute approximate surface area is 337 Å². The summed E-state index contributed by atoms with van der Waals surface area (Å²) in [6, 6.07) is 17.2. The van der Waals surface area contributed by atoms with Crippen molar-refractivity contribution in [1.29, 1.82) is 0 Å². The van der Waals surface area contributed by atoms with Crippen molar-refractivity contribution >= 4 is 62.5 Å². The number of hydrogen-bond acceptors (Lipinski definition) is 9. The van der Waals surface area contributed by atoms with Gasteiger partial charge in [0.1, 0.15) is 17.3 Å². The molecule has 2 aromatic heterocycles. The number of aromatic nitrogens is 5. The SMILES string of the molecule is COc1cc2nc(CCn3c(=O)n4n(c3=O)C3CC5(Cl)C(=O)N(c6ccc(F)cc6)C(=O)C5(Cl)C(c5ccc6ccccc6c5O)C3=CC4)c(=O)n(C)c2cc1OC. The molecule has 2 fully saturated rings. The van der Waals surface area contributed by atoms with Gasteiger partial charge in [0.05, 0.1) is 43.5 Å². The van der Waals surface area contributed by atoms with Crippen molar-refractivity contribution in [2.24, 2.45) is 7.05 Å². The number of aryl methyl sites for hydroxylation is 2. The average molecular weight is 828 g/mol. The Kier molecular flexibility index (Phi) is 8.49. The van der Waals surface area contributed by atoms with E-state index in [4.69, 9.17) is 32.7 Å². The summed E-state index contributed by atoms with van der Waals surface area (Å²) >= 11 is 14.9. The van der Waals surface area contributed by atoms with Gasteiger partial charge in [-0.2, -0.15) is 0 Å². The van der Waals surface area contributed by atoms with E-state index >= 15 is 0 Å². The molecule has 2 aliphatic heterocycles. The maximum atomic E-state index is 14.7. The number of nitrogens with zero attached hydrogens (tertiary/aromatic N) is 6. The Morgan fingerprint density at radius 1 is 0.914 bits per heavy atom. The number of fused-ring (bicyclic) bond motifs is 6. The third-order valence-electron chi connectivity index (χ3n) is 11.7. The zero-order valence-electron chi connectivity index (χ0n) is 31.1. The van der Waals surface area contributed by atoms with Crippen molar-refractivity contribution in [3.05, 3.63) is 133 Å². The van der Waals surface area contributed by atoms with Gasteiger partial charge in [0.25, 0.3) is 17.4 Å². The molecule has 1 saturated carbocycles. The van der Waals surface area contributed by atoms with Gasteiger partial charge in [-0.25, -0.2) is 37.8 Å².